The van der Waals surface area contributed by atoms with E-state index in [9.17, 15) is 8.78 Å². The summed E-state index contributed by atoms with van der Waals surface area (Å²) in [6, 6.07) is 8.45. The molecule has 0 amide bonds. The number of nitrogens with one attached hydrogen (secondary N) is 2. The van der Waals surface area contributed by atoms with Crippen LogP contribution in [0.25, 0.3) is 0 Å². The molecule has 0 radical (unpaired) electrons. The topological polar surface area (TPSA) is 63.5 Å². The Morgan fingerprint density at radius 1 is 1.31 bits per heavy atom. The van der Waals surface area contributed by atoms with E-state index >= 15 is 0 Å². The Morgan fingerprint density at radius 3 is 2.85 bits per heavy atom. The van der Waals surface area contributed by atoms with Crippen LogP contribution in [0.15, 0.2) is 47.7 Å². The number of halogens is 3. The lowest BCUT2D eigenvalue weighted by Crippen LogP contribution is -2.38. The van der Waals surface area contributed by atoms with Crippen LogP contribution in [0.5, 0.6) is 5.75 Å². The molecule has 1 aromatic heterocycles. The lowest BCUT2D eigenvalue weighted by Gasteiger charge is -2.11. The van der Waals surface area contributed by atoms with Crippen LogP contribution in [-0.4, -0.2) is 35.4 Å². The van der Waals surface area contributed by atoms with Crippen LogP contribution in [0.3, 0.4) is 0 Å². The van der Waals surface area contributed by atoms with Gasteiger partial charge in [-0.25, -0.2) is 4.99 Å². The van der Waals surface area contributed by atoms with Crippen LogP contribution in [-0.2, 0) is 13.1 Å². The summed E-state index contributed by atoms with van der Waals surface area (Å²) in [5, 5.41) is 10.6. The number of aliphatic imine (C=N–C) groups is 1. The molecule has 2 N–H and O–H groups in total. The van der Waals surface area contributed by atoms with Crippen molar-refractivity contribution in [2.45, 2.75) is 33.0 Å². The summed E-state index contributed by atoms with van der Waals surface area (Å²) in [5.74, 6) is 0.822. The van der Waals surface area contributed by atoms with Gasteiger partial charge in [0.15, 0.2) is 5.96 Å². The number of alkyl halides is 2. The number of benzene rings is 1. The van der Waals surface area contributed by atoms with Crippen molar-refractivity contribution in [2.24, 2.45) is 4.99 Å². The molecule has 0 bridgehead atoms. The standard InChI is InChI=1S/C17H23F2N5O.HI/c1-2-20-17(21-8-4-10-24-11-5-9-23-24)22-13-14-6-3-7-15(12-14)25-16(18)19;/h3,5-7,9,11-12,16H,2,4,8,10,13H2,1H3,(H2,20,21,22);1H. The minimum atomic E-state index is -2.83. The molecule has 0 spiro atoms. The largest absolute Gasteiger partial charge is 0.435 e. The molecular formula is C17H24F2IN5O. The number of hydrogen-bond donors (Lipinski definition) is 2. The van der Waals surface area contributed by atoms with Gasteiger partial charge < -0.3 is 15.4 Å². The second-order valence-electron chi connectivity index (χ2n) is 5.27. The zero-order valence-electron chi connectivity index (χ0n) is 14.6. The van der Waals surface area contributed by atoms with Crippen LogP contribution in [0.2, 0.25) is 0 Å². The number of nitrogens with zero attached hydrogens (tertiary/aromatic N) is 3. The van der Waals surface area contributed by atoms with Gasteiger partial charge in [0.2, 0.25) is 0 Å². The van der Waals surface area contributed by atoms with Crippen molar-refractivity contribution in [1.82, 2.24) is 20.4 Å². The molecule has 2 rings (SSSR count). The SMILES string of the molecule is CCNC(=NCc1cccc(OC(F)F)c1)NCCCn1cccn1.I. The summed E-state index contributed by atoms with van der Waals surface area (Å²) in [6.07, 6.45) is 4.59. The monoisotopic (exact) mass is 479 g/mol. The van der Waals surface area contributed by atoms with Crippen LogP contribution in [0, 0.1) is 0 Å². The molecule has 0 aliphatic carbocycles. The van der Waals surface area contributed by atoms with Crippen LogP contribution < -0.4 is 15.4 Å². The van der Waals surface area contributed by atoms with Crippen molar-refractivity contribution in [3.63, 3.8) is 0 Å². The van der Waals surface area contributed by atoms with E-state index in [2.05, 4.69) is 25.5 Å². The zero-order valence-corrected chi connectivity index (χ0v) is 16.9. The lowest BCUT2D eigenvalue weighted by molar-refractivity contribution is -0.0498. The minimum absolute atomic E-state index is 0. The third-order valence-corrected chi connectivity index (χ3v) is 3.30. The molecule has 0 saturated heterocycles. The van der Waals surface area contributed by atoms with Crippen molar-refractivity contribution >= 4 is 29.9 Å². The molecule has 26 heavy (non-hydrogen) atoms. The van der Waals surface area contributed by atoms with Gasteiger partial charge in [-0.1, -0.05) is 12.1 Å². The van der Waals surface area contributed by atoms with E-state index in [1.54, 1.807) is 18.3 Å². The fraction of sp³-hybridized carbons (Fsp3) is 0.412. The summed E-state index contributed by atoms with van der Waals surface area (Å²) in [6.45, 7) is 1.84. The highest BCUT2D eigenvalue weighted by atomic mass is 127. The highest BCUT2D eigenvalue weighted by molar-refractivity contribution is 14.0. The number of rotatable bonds is 9. The number of aromatic nitrogens is 2. The Kier molecular flexibility index (Phi) is 10.6. The molecule has 0 fully saturated rings. The maximum atomic E-state index is 12.3. The number of ether oxygens (including phenoxy) is 1. The Balaban J connectivity index is 0.00000338. The van der Waals surface area contributed by atoms with Crippen molar-refractivity contribution in [3.8, 4) is 5.75 Å². The van der Waals surface area contributed by atoms with E-state index in [-0.39, 0.29) is 29.7 Å². The predicted molar refractivity (Wildman–Crippen MR) is 108 cm³/mol. The predicted octanol–water partition coefficient (Wildman–Crippen LogP) is 3.25. The van der Waals surface area contributed by atoms with Crippen LogP contribution >= 0.6 is 24.0 Å². The third-order valence-electron chi connectivity index (χ3n) is 3.30. The molecule has 0 aliphatic heterocycles. The highest BCUT2D eigenvalue weighted by Crippen LogP contribution is 2.16. The molecular weight excluding hydrogens is 455 g/mol. The fourth-order valence-corrected chi connectivity index (χ4v) is 2.21. The quantitative estimate of drug-likeness (QED) is 0.251. The lowest BCUT2D eigenvalue weighted by atomic mass is 10.2. The van der Waals surface area contributed by atoms with E-state index in [0.717, 1.165) is 31.6 Å². The first kappa shape index (κ1) is 22.1. The normalized spacial score (nSPS) is 11.2. The van der Waals surface area contributed by atoms with Crippen LogP contribution in [0.1, 0.15) is 18.9 Å². The average molecular weight is 479 g/mol. The van der Waals surface area contributed by atoms with E-state index in [4.69, 9.17) is 0 Å². The summed E-state index contributed by atoms with van der Waals surface area (Å²) < 4.78 is 30.8. The van der Waals surface area contributed by atoms with Crippen LogP contribution in [0.4, 0.5) is 8.78 Å². The summed E-state index contributed by atoms with van der Waals surface area (Å²) >= 11 is 0. The second-order valence-corrected chi connectivity index (χ2v) is 5.27. The van der Waals surface area contributed by atoms with Crippen molar-refractivity contribution in [1.29, 1.82) is 0 Å². The molecule has 2 aromatic rings. The number of hydrogen-bond acceptors (Lipinski definition) is 3. The second kappa shape index (κ2) is 12.4. The fourth-order valence-electron chi connectivity index (χ4n) is 2.21. The molecule has 0 unspecified atom stereocenters. The van der Waals surface area contributed by atoms with E-state index in [1.165, 1.54) is 6.07 Å². The first-order valence-electron chi connectivity index (χ1n) is 8.20. The summed E-state index contributed by atoms with van der Waals surface area (Å²) in [7, 11) is 0. The van der Waals surface area contributed by atoms with E-state index < -0.39 is 6.61 Å². The van der Waals surface area contributed by atoms with Gasteiger partial charge in [-0.05, 0) is 37.1 Å². The van der Waals surface area contributed by atoms with E-state index in [1.807, 2.05) is 29.9 Å². The summed E-state index contributed by atoms with van der Waals surface area (Å²) in [5.41, 5.74) is 0.798. The van der Waals surface area contributed by atoms with Gasteiger partial charge in [0.25, 0.3) is 0 Å². The van der Waals surface area contributed by atoms with Crippen molar-refractivity contribution in [2.75, 3.05) is 13.1 Å². The van der Waals surface area contributed by atoms with E-state index in [0.29, 0.717) is 12.5 Å². The Bertz CT molecular complexity index is 652. The number of guanidine groups is 1. The molecule has 0 saturated carbocycles. The highest BCUT2D eigenvalue weighted by Gasteiger charge is 2.04. The van der Waals surface area contributed by atoms with Gasteiger partial charge in [0.05, 0.1) is 6.54 Å². The van der Waals surface area contributed by atoms with Gasteiger partial charge in [-0.3, -0.25) is 4.68 Å². The molecule has 0 aliphatic rings. The molecule has 0 atom stereocenters. The first-order valence-corrected chi connectivity index (χ1v) is 8.20. The van der Waals surface area contributed by atoms with Gasteiger partial charge >= 0.3 is 6.61 Å². The smallest absolute Gasteiger partial charge is 0.387 e. The maximum Gasteiger partial charge on any atom is 0.387 e. The Labute approximate surface area is 169 Å². The Morgan fingerprint density at radius 2 is 2.15 bits per heavy atom. The summed E-state index contributed by atoms with van der Waals surface area (Å²) in [4.78, 5) is 4.47. The minimum Gasteiger partial charge on any atom is -0.435 e. The maximum absolute atomic E-state index is 12.3. The molecule has 9 heteroatoms. The van der Waals surface area contributed by atoms with Gasteiger partial charge in [0, 0.05) is 32.0 Å². The number of aryl methyl sites for hydroxylation is 1. The third kappa shape index (κ3) is 8.45. The van der Waals surface area contributed by atoms with Crippen molar-refractivity contribution in [3.05, 3.63) is 48.3 Å². The van der Waals surface area contributed by atoms with Gasteiger partial charge in [-0.15, -0.1) is 24.0 Å². The van der Waals surface area contributed by atoms with Crippen molar-refractivity contribution < 1.29 is 13.5 Å². The Hall–Kier alpha value is -1.91. The molecule has 1 aromatic carbocycles. The van der Waals surface area contributed by atoms with Gasteiger partial charge in [-0.2, -0.15) is 13.9 Å². The first-order chi connectivity index (χ1) is 12.2. The zero-order chi connectivity index (χ0) is 17.9. The molecule has 6 nitrogen and oxygen atoms in total. The molecule has 1 heterocycles. The molecule has 144 valence electrons. The van der Waals surface area contributed by atoms with Gasteiger partial charge in [0.1, 0.15) is 5.75 Å². The average Bonchev–Trinajstić information content (AvgIpc) is 3.09.